The van der Waals surface area contributed by atoms with E-state index < -0.39 is 0 Å². The van der Waals surface area contributed by atoms with Crippen molar-refractivity contribution < 1.29 is 5.11 Å². The molecule has 1 heteroatoms. The lowest BCUT2D eigenvalue weighted by molar-refractivity contribution is -0.0888. The molecular weight excluding hydrogens is 256 g/mol. The summed E-state index contributed by atoms with van der Waals surface area (Å²) in [5.41, 5.74) is 4.01. The van der Waals surface area contributed by atoms with E-state index in [2.05, 4.69) is 32.0 Å². The summed E-state index contributed by atoms with van der Waals surface area (Å²) in [6.07, 6.45) is 7.85. The summed E-state index contributed by atoms with van der Waals surface area (Å²) in [5.74, 6) is 4.22. The summed E-state index contributed by atoms with van der Waals surface area (Å²) in [4.78, 5) is 0. The van der Waals surface area contributed by atoms with Gasteiger partial charge in [0.2, 0.25) is 0 Å². The van der Waals surface area contributed by atoms with Gasteiger partial charge in [-0.05, 0) is 93.1 Å². The van der Waals surface area contributed by atoms with E-state index in [1.165, 1.54) is 48.8 Å². The first-order valence-corrected chi connectivity index (χ1v) is 8.84. The first-order valence-electron chi connectivity index (χ1n) is 8.84. The first-order chi connectivity index (χ1) is 10.1. The minimum absolute atomic E-state index is 0.125. The van der Waals surface area contributed by atoms with Crippen molar-refractivity contribution in [3.05, 3.63) is 34.9 Å². The van der Waals surface area contributed by atoms with Crippen molar-refractivity contribution in [2.75, 3.05) is 0 Å². The highest BCUT2D eigenvalue weighted by Gasteiger charge is 2.50. The SMILES string of the molecule is Cc1ccc(C)c(CC(O)C2C3CC4CC(C3)CC2C4)c1. The molecule has 21 heavy (non-hydrogen) atoms. The molecule has 0 aliphatic heterocycles. The molecule has 4 aliphatic rings. The Morgan fingerprint density at radius 3 is 2.24 bits per heavy atom. The molecule has 1 atom stereocenters. The summed E-state index contributed by atoms with van der Waals surface area (Å²) in [7, 11) is 0. The van der Waals surface area contributed by atoms with Crippen LogP contribution in [0.3, 0.4) is 0 Å². The zero-order valence-corrected chi connectivity index (χ0v) is 13.4. The Hall–Kier alpha value is -0.820. The van der Waals surface area contributed by atoms with E-state index in [9.17, 15) is 5.11 Å². The third-order valence-electron chi connectivity index (χ3n) is 6.68. The molecule has 4 fully saturated rings. The molecule has 4 aliphatic carbocycles. The Labute approximate surface area is 128 Å². The Bertz CT molecular complexity index is 505. The van der Waals surface area contributed by atoms with E-state index in [1.54, 1.807) is 0 Å². The molecule has 1 unspecified atom stereocenters. The van der Waals surface area contributed by atoms with Crippen molar-refractivity contribution in [3.63, 3.8) is 0 Å². The van der Waals surface area contributed by atoms with Gasteiger partial charge in [-0.15, -0.1) is 0 Å². The van der Waals surface area contributed by atoms with Crippen LogP contribution in [-0.4, -0.2) is 11.2 Å². The minimum atomic E-state index is -0.125. The number of hydrogen-bond acceptors (Lipinski definition) is 1. The van der Waals surface area contributed by atoms with Gasteiger partial charge in [-0.25, -0.2) is 0 Å². The van der Waals surface area contributed by atoms with Crippen molar-refractivity contribution in [1.29, 1.82) is 0 Å². The molecule has 5 rings (SSSR count). The van der Waals surface area contributed by atoms with Crippen molar-refractivity contribution in [2.45, 2.75) is 58.5 Å². The molecule has 1 aromatic rings. The zero-order valence-electron chi connectivity index (χ0n) is 13.4. The van der Waals surface area contributed by atoms with E-state index in [-0.39, 0.29) is 6.10 Å². The van der Waals surface area contributed by atoms with Gasteiger partial charge in [0.15, 0.2) is 0 Å². The average molecular weight is 284 g/mol. The van der Waals surface area contributed by atoms with Crippen LogP contribution in [0.4, 0.5) is 0 Å². The van der Waals surface area contributed by atoms with Crippen LogP contribution < -0.4 is 0 Å². The number of aliphatic hydroxyl groups is 1. The van der Waals surface area contributed by atoms with Crippen LogP contribution in [0.5, 0.6) is 0 Å². The zero-order chi connectivity index (χ0) is 14.6. The monoisotopic (exact) mass is 284 g/mol. The maximum atomic E-state index is 10.9. The van der Waals surface area contributed by atoms with Crippen LogP contribution in [0.2, 0.25) is 0 Å². The van der Waals surface area contributed by atoms with Crippen LogP contribution in [-0.2, 0) is 6.42 Å². The average Bonchev–Trinajstić information content (AvgIpc) is 2.41. The molecule has 4 saturated carbocycles. The fraction of sp³-hybridized carbons (Fsp3) is 0.700. The largest absolute Gasteiger partial charge is 0.392 e. The molecule has 1 aromatic carbocycles. The van der Waals surface area contributed by atoms with Crippen LogP contribution in [0.25, 0.3) is 0 Å². The van der Waals surface area contributed by atoms with Gasteiger partial charge >= 0.3 is 0 Å². The van der Waals surface area contributed by atoms with Crippen LogP contribution in [0.1, 0.15) is 48.8 Å². The van der Waals surface area contributed by atoms with Crippen molar-refractivity contribution in [3.8, 4) is 0 Å². The molecule has 4 bridgehead atoms. The van der Waals surface area contributed by atoms with Crippen molar-refractivity contribution >= 4 is 0 Å². The second-order valence-electron chi connectivity index (χ2n) is 8.21. The highest BCUT2D eigenvalue weighted by molar-refractivity contribution is 5.31. The van der Waals surface area contributed by atoms with Gasteiger partial charge in [0.05, 0.1) is 6.10 Å². The maximum Gasteiger partial charge on any atom is 0.0614 e. The Balaban J connectivity index is 1.52. The summed E-state index contributed by atoms with van der Waals surface area (Å²) >= 11 is 0. The lowest BCUT2D eigenvalue weighted by Crippen LogP contribution is -2.49. The molecule has 1 nitrogen and oxygen atoms in total. The van der Waals surface area contributed by atoms with Gasteiger partial charge in [-0.2, -0.15) is 0 Å². The van der Waals surface area contributed by atoms with E-state index in [1.807, 2.05) is 0 Å². The molecule has 0 heterocycles. The van der Waals surface area contributed by atoms with Gasteiger partial charge in [0.1, 0.15) is 0 Å². The van der Waals surface area contributed by atoms with Crippen LogP contribution in [0, 0.1) is 43.4 Å². The molecule has 114 valence electrons. The molecule has 1 N–H and O–H groups in total. The van der Waals surface area contributed by atoms with Gasteiger partial charge in [-0.1, -0.05) is 23.8 Å². The van der Waals surface area contributed by atoms with Gasteiger partial charge in [-0.3, -0.25) is 0 Å². The smallest absolute Gasteiger partial charge is 0.0614 e. The highest BCUT2D eigenvalue weighted by Crippen LogP contribution is 2.57. The van der Waals surface area contributed by atoms with Gasteiger partial charge in [0.25, 0.3) is 0 Å². The molecule has 0 spiro atoms. The highest BCUT2D eigenvalue weighted by atomic mass is 16.3. The van der Waals surface area contributed by atoms with E-state index in [0.29, 0.717) is 5.92 Å². The fourth-order valence-corrected chi connectivity index (χ4v) is 5.98. The lowest BCUT2D eigenvalue weighted by Gasteiger charge is -2.55. The number of rotatable bonds is 3. The Morgan fingerprint density at radius 2 is 1.62 bits per heavy atom. The quantitative estimate of drug-likeness (QED) is 0.878. The summed E-state index contributed by atoms with van der Waals surface area (Å²) in [6.45, 7) is 4.33. The number of hydrogen-bond donors (Lipinski definition) is 1. The molecule has 0 saturated heterocycles. The first kappa shape index (κ1) is 13.8. The van der Waals surface area contributed by atoms with E-state index in [0.717, 1.165) is 30.1 Å². The third kappa shape index (κ3) is 2.44. The van der Waals surface area contributed by atoms with Crippen molar-refractivity contribution in [2.24, 2.45) is 29.6 Å². The fourth-order valence-electron chi connectivity index (χ4n) is 5.98. The maximum absolute atomic E-state index is 10.9. The lowest BCUT2D eigenvalue weighted by atomic mass is 9.50. The van der Waals surface area contributed by atoms with Crippen LogP contribution in [0.15, 0.2) is 18.2 Å². The van der Waals surface area contributed by atoms with Crippen LogP contribution >= 0.6 is 0 Å². The summed E-state index contributed by atoms with van der Waals surface area (Å²) in [6, 6.07) is 6.65. The topological polar surface area (TPSA) is 20.2 Å². The second-order valence-corrected chi connectivity index (χ2v) is 8.21. The third-order valence-corrected chi connectivity index (χ3v) is 6.68. The second kappa shape index (κ2) is 5.12. The van der Waals surface area contributed by atoms with E-state index in [4.69, 9.17) is 0 Å². The molecule has 0 radical (unpaired) electrons. The number of benzene rings is 1. The van der Waals surface area contributed by atoms with E-state index >= 15 is 0 Å². The molecule has 0 aromatic heterocycles. The number of aryl methyl sites for hydroxylation is 2. The number of aliphatic hydroxyl groups excluding tert-OH is 1. The standard InChI is InChI=1S/C20H28O/c1-12-3-4-13(2)16(5-12)11-19(21)20-17-7-14-6-15(9-17)10-18(20)8-14/h3-5,14-15,17-21H,6-11H2,1-2H3. The summed E-state index contributed by atoms with van der Waals surface area (Å²) in [5, 5.41) is 10.9. The van der Waals surface area contributed by atoms with Crippen molar-refractivity contribution in [1.82, 2.24) is 0 Å². The Morgan fingerprint density at radius 1 is 1.00 bits per heavy atom. The predicted octanol–water partition coefficient (Wildman–Crippen LogP) is 4.28. The predicted molar refractivity (Wildman–Crippen MR) is 86.2 cm³/mol. The Kier molecular flexibility index (Phi) is 3.37. The molecular formula is C20H28O. The molecule has 0 amide bonds. The van der Waals surface area contributed by atoms with Gasteiger partial charge < -0.3 is 5.11 Å². The van der Waals surface area contributed by atoms with Gasteiger partial charge in [0, 0.05) is 0 Å². The normalized spacial score (nSPS) is 38.7. The summed E-state index contributed by atoms with van der Waals surface area (Å²) < 4.78 is 0. The minimum Gasteiger partial charge on any atom is -0.392 e.